The van der Waals surface area contributed by atoms with Gasteiger partial charge in [-0.25, -0.2) is 9.97 Å². The number of rotatable bonds is 2. The second-order valence-electron chi connectivity index (χ2n) is 6.51. The van der Waals surface area contributed by atoms with Crippen LogP contribution in [0, 0.1) is 10.6 Å². The van der Waals surface area contributed by atoms with Gasteiger partial charge in [-0.3, -0.25) is 0 Å². The summed E-state index contributed by atoms with van der Waals surface area (Å²) in [4.78, 5) is 13.7. The minimum atomic E-state index is 0.632. The van der Waals surface area contributed by atoms with Crippen LogP contribution in [0.1, 0.15) is 43.5 Å². The van der Waals surface area contributed by atoms with Gasteiger partial charge in [0.25, 0.3) is 0 Å². The molecule has 0 aromatic carbocycles. The number of hydrogen-bond acceptors (Lipinski definition) is 4. The highest BCUT2D eigenvalue weighted by molar-refractivity contribution is 7.71. The van der Waals surface area contributed by atoms with Crippen molar-refractivity contribution in [3.63, 3.8) is 0 Å². The Kier molecular flexibility index (Phi) is 3.50. The molecule has 0 amide bonds. The van der Waals surface area contributed by atoms with Gasteiger partial charge in [-0.1, -0.05) is 26.1 Å². The fourth-order valence-electron chi connectivity index (χ4n) is 3.53. The standard InChI is InChI=1S/C17H19N3S2/c1-9(2)7-12-10-5-3-4-6-11(10)13-14-15(22-17(13)20-12)16(21)19-8-18-14/h8-9H,3-7H2,1-2H3,(H,18,19,21). The molecule has 4 rings (SSSR count). The van der Waals surface area contributed by atoms with Crippen LogP contribution in [0.3, 0.4) is 0 Å². The lowest BCUT2D eigenvalue weighted by Gasteiger charge is -2.20. The summed E-state index contributed by atoms with van der Waals surface area (Å²) in [5.74, 6) is 0.632. The van der Waals surface area contributed by atoms with Crippen molar-refractivity contribution in [2.24, 2.45) is 5.92 Å². The predicted octanol–water partition coefficient (Wildman–Crippen LogP) is 4.98. The van der Waals surface area contributed by atoms with Crippen LogP contribution in [0.15, 0.2) is 6.33 Å². The van der Waals surface area contributed by atoms with Crippen molar-refractivity contribution in [2.75, 3.05) is 0 Å². The summed E-state index contributed by atoms with van der Waals surface area (Å²) in [6.45, 7) is 4.54. The molecule has 3 heterocycles. The van der Waals surface area contributed by atoms with Gasteiger partial charge in [-0.2, -0.15) is 0 Å². The van der Waals surface area contributed by atoms with E-state index in [9.17, 15) is 0 Å². The fraction of sp³-hybridized carbons (Fsp3) is 0.471. The van der Waals surface area contributed by atoms with E-state index < -0.39 is 0 Å². The number of nitrogens with one attached hydrogen (secondary N) is 1. The number of thiophene rings is 1. The number of hydrogen-bond donors (Lipinski definition) is 1. The Morgan fingerprint density at radius 1 is 1.27 bits per heavy atom. The number of fused-ring (bicyclic) bond motifs is 5. The third-order valence-corrected chi connectivity index (χ3v) is 5.96. The highest BCUT2D eigenvalue weighted by atomic mass is 32.1. The molecule has 0 aliphatic heterocycles. The minimum absolute atomic E-state index is 0.632. The van der Waals surface area contributed by atoms with Crippen molar-refractivity contribution in [3.05, 3.63) is 27.8 Å². The van der Waals surface area contributed by atoms with E-state index in [-0.39, 0.29) is 0 Å². The Morgan fingerprint density at radius 3 is 2.82 bits per heavy atom. The molecule has 0 fully saturated rings. The van der Waals surface area contributed by atoms with Gasteiger partial charge >= 0.3 is 0 Å². The first kappa shape index (κ1) is 14.3. The summed E-state index contributed by atoms with van der Waals surface area (Å²) >= 11 is 7.10. The maximum absolute atomic E-state index is 5.40. The van der Waals surface area contributed by atoms with Gasteiger partial charge in [0.1, 0.15) is 9.47 Å². The molecule has 1 N–H and O–H groups in total. The average Bonchev–Trinajstić information content (AvgIpc) is 2.87. The van der Waals surface area contributed by atoms with Crippen LogP contribution in [0.2, 0.25) is 0 Å². The van der Waals surface area contributed by atoms with Crippen LogP contribution in [-0.4, -0.2) is 15.0 Å². The van der Waals surface area contributed by atoms with Crippen LogP contribution < -0.4 is 0 Å². The molecule has 0 bridgehead atoms. The largest absolute Gasteiger partial charge is 0.344 e. The van der Waals surface area contributed by atoms with Crippen molar-refractivity contribution in [1.82, 2.24) is 15.0 Å². The summed E-state index contributed by atoms with van der Waals surface area (Å²) < 4.78 is 1.76. The monoisotopic (exact) mass is 329 g/mol. The lowest BCUT2D eigenvalue weighted by atomic mass is 9.87. The van der Waals surface area contributed by atoms with Crippen LogP contribution >= 0.6 is 23.6 Å². The van der Waals surface area contributed by atoms with E-state index in [4.69, 9.17) is 17.2 Å². The molecular weight excluding hydrogens is 310 g/mol. The molecular formula is C17H19N3S2. The summed E-state index contributed by atoms with van der Waals surface area (Å²) in [6, 6.07) is 0. The second-order valence-corrected chi connectivity index (χ2v) is 7.90. The molecule has 0 atom stereocenters. The smallest absolute Gasteiger partial charge is 0.147 e. The fourth-order valence-corrected chi connectivity index (χ4v) is 4.88. The lowest BCUT2D eigenvalue weighted by Crippen LogP contribution is -2.11. The molecule has 1 aliphatic carbocycles. The molecule has 0 saturated heterocycles. The molecule has 0 unspecified atom stereocenters. The van der Waals surface area contributed by atoms with Gasteiger partial charge in [-0.15, -0.1) is 11.3 Å². The summed E-state index contributed by atoms with van der Waals surface area (Å²) in [6.07, 6.45) is 7.67. The third-order valence-electron chi connectivity index (χ3n) is 4.43. The summed E-state index contributed by atoms with van der Waals surface area (Å²) in [5, 5.41) is 1.30. The quantitative estimate of drug-likeness (QED) is 0.674. The van der Waals surface area contributed by atoms with Crippen molar-refractivity contribution < 1.29 is 0 Å². The number of aryl methyl sites for hydroxylation is 1. The van der Waals surface area contributed by atoms with E-state index in [1.165, 1.54) is 41.5 Å². The van der Waals surface area contributed by atoms with Crippen LogP contribution in [0.4, 0.5) is 0 Å². The Balaban J connectivity index is 2.11. The first-order valence-electron chi connectivity index (χ1n) is 7.95. The molecule has 0 spiro atoms. The van der Waals surface area contributed by atoms with Gasteiger partial charge in [0.05, 0.1) is 16.5 Å². The molecule has 3 aromatic rings. The van der Waals surface area contributed by atoms with Crippen molar-refractivity contribution in [1.29, 1.82) is 0 Å². The Labute approximate surface area is 138 Å². The van der Waals surface area contributed by atoms with Gasteiger partial charge in [-0.05, 0) is 49.1 Å². The number of aromatic nitrogens is 3. The molecule has 5 heteroatoms. The normalized spacial score (nSPS) is 14.9. The Bertz CT molecular complexity index is 921. The molecule has 0 saturated carbocycles. The van der Waals surface area contributed by atoms with Crippen molar-refractivity contribution >= 4 is 44.0 Å². The topological polar surface area (TPSA) is 41.6 Å². The summed E-state index contributed by atoms with van der Waals surface area (Å²) in [5.41, 5.74) is 5.46. The molecule has 3 nitrogen and oxygen atoms in total. The zero-order valence-corrected chi connectivity index (χ0v) is 14.5. The van der Waals surface area contributed by atoms with Crippen molar-refractivity contribution in [3.8, 4) is 0 Å². The van der Waals surface area contributed by atoms with E-state index >= 15 is 0 Å². The maximum Gasteiger partial charge on any atom is 0.147 e. The SMILES string of the molecule is CC(C)Cc1nc2sc3c(=S)nc[nH]c3c2c2c1CCCC2. The van der Waals surface area contributed by atoms with Gasteiger partial charge in [0.15, 0.2) is 0 Å². The van der Waals surface area contributed by atoms with Gasteiger partial charge in [0, 0.05) is 11.1 Å². The van der Waals surface area contributed by atoms with Crippen LogP contribution in [0.25, 0.3) is 20.4 Å². The molecule has 114 valence electrons. The lowest BCUT2D eigenvalue weighted by molar-refractivity contribution is 0.615. The van der Waals surface area contributed by atoms with Crippen molar-refractivity contribution in [2.45, 2.75) is 46.0 Å². The summed E-state index contributed by atoms with van der Waals surface area (Å²) in [7, 11) is 0. The number of aromatic amines is 1. The average molecular weight is 329 g/mol. The highest BCUT2D eigenvalue weighted by Gasteiger charge is 2.22. The van der Waals surface area contributed by atoms with E-state index in [0.29, 0.717) is 10.6 Å². The van der Waals surface area contributed by atoms with E-state index in [0.717, 1.165) is 27.9 Å². The zero-order chi connectivity index (χ0) is 15.3. The highest BCUT2D eigenvalue weighted by Crippen LogP contribution is 2.39. The van der Waals surface area contributed by atoms with Gasteiger partial charge in [0.2, 0.25) is 0 Å². The van der Waals surface area contributed by atoms with E-state index in [1.54, 1.807) is 17.7 Å². The zero-order valence-electron chi connectivity index (χ0n) is 12.9. The Hall–Kier alpha value is -1.33. The molecule has 22 heavy (non-hydrogen) atoms. The minimum Gasteiger partial charge on any atom is -0.344 e. The number of H-pyrrole nitrogens is 1. The molecule has 0 radical (unpaired) electrons. The second kappa shape index (κ2) is 5.39. The van der Waals surface area contributed by atoms with Crippen LogP contribution in [0.5, 0.6) is 0 Å². The molecule has 3 aromatic heterocycles. The number of pyridine rings is 1. The molecule has 1 aliphatic rings. The maximum atomic E-state index is 5.40. The van der Waals surface area contributed by atoms with E-state index in [1.807, 2.05) is 0 Å². The van der Waals surface area contributed by atoms with Crippen LogP contribution in [-0.2, 0) is 19.3 Å². The first-order valence-corrected chi connectivity index (χ1v) is 9.18. The Morgan fingerprint density at radius 2 is 2.05 bits per heavy atom. The third kappa shape index (κ3) is 2.18. The number of nitrogens with zero attached hydrogens (tertiary/aromatic N) is 2. The van der Waals surface area contributed by atoms with Gasteiger partial charge < -0.3 is 4.98 Å². The predicted molar refractivity (Wildman–Crippen MR) is 95.3 cm³/mol. The first-order chi connectivity index (χ1) is 10.6. The van der Waals surface area contributed by atoms with E-state index in [2.05, 4.69) is 23.8 Å².